The zero-order chi connectivity index (χ0) is 14.5. The molecule has 0 aromatic heterocycles. The molecule has 1 aromatic rings. The normalized spacial score (nSPS) is 17.0. The summed E-state index contributed by atoms with van der Waals surface area (Å²) in [6, 6.07) is 2.86. The molecule has 1 aliphatic carbocycles. The van der Waals surface area contributed by atoms with Crippen molar-refractivity contribution < 1.29 is 13.9 Å². The van der Waals surface area contributed by atoms with Crippen LogP contribution >= 0.6 is 0 Å². The molecule has 3 nitrogen and oxygen atoms in total. The number of hydrogen-bond donors (Lipinski definition) is 1. The van der Waals surface area contributed by atoms with Gasteiger partial charge in [-0.25, -0.2) is 4.39 Å². The van der Waals surface area contributed by atoms with Gasteiger partial charge in [0.05, 0.1) is 17.9 Å². The van der Waals surface area contributed by atoms with Gasteiger partial charge >= 0.3 is 0 Å². The predicted octanol–water partition coefficient (Wildman–Crippen LogP) is 4.30. The molecule has 0 amide bonds. The highest BCUT2D eigenvalue weighted by Gasteiger charge is 2.17. The van der Waals surface area contributed by atoms with Crippen LogP contribution in [0.4, 0.5) is 10.1 Å². The summed E-state index contributed by atoms with van der Waals surface area (Å²) in [4.78, 5) is 0. The van der Waals surface area contributed by atoms with Crippen LogP contribution in [0.5, 0.6) is 11.5 Å². The van der Waals surface area contributed by atoms with Crippen molar-refractivity contribution in [1.29, 1.82) is 0 Å². The summed E-state index contributed by atoms with van der Waals surface area (Å²) in [5.41, 5.74) is 6.19. The molecule has 4 heteroatoms. The molecule has 0 heterocycles. The Hall–Kier alpha value is -1.45. The van der Waals surface area contributed by atoms with Crippen LogP contribution in [0.15, 0.2) is 12.1 Å². The van der Waals surface area contributed by atoms with Gasteiger partial charge in [0.1, 0.15) is 5.75 Å². The number of anilines is 1. The van der Waals surface area contributed by atoms with Crippen LogP contribution in [-0.2, 0) is 0 Å². The number of hydrogen-bond acceptors (Lipinski definition) is 3. The van der Waals surface area contributed by atoms with E-state index >= 15 is 0 Å². The van der Waals surface area contributed by atoms with Gasteiger partial charge in [-0.2, -0.15) is 0 Å². The monoisotopic (exact) mass is 281 g/mol. The smallest absolute Gasteiger partial charge is 0.167 e. The van der Waals surface area contributed by atoms with E-state index in [-0.39, 0.29) is 18.0 Å². The van der Waals surface area contributed by atoms with Crippen LogP contribution in [-0.4, -0.2) is 12.2 Å². The Labute approximate surface area is 120 Å². The zero-order valence-electron chi connectivity index (χ0n) is 12.3. The average Bonchev–Trinajstić information content (AvgIpc) is 2.63. The first-order chi connectivity index (χ1) is 9.56. The van der Waals surface area contributed by atoms with Crippen LogP contribution in [0.2, 0.25) is 0 Å². The van der Waals surface area contributed by atoms with E-state index in [4.69, 9.17) is 15.2 Å². The van der Waals surface area contributed by atoms with E-state index in [9.17, 15) is 4.39 Å². The van der Waals surface area contributed by atoms with E-state index in [1.54, 1.807) is 6.07 Å². The molecule has 0 atom stereocenters. The van der Waals surface area contributed by atoms with Crippen molar-refractivity contribution in [3.05, 3.63) is 17.9 Å². The first-order valence-corrected chi connectivity index (χ1v) is 7.48. The van der Waals surface area contributed by atoms with Gasteiger partial charge in [0.25, 0.3) is 0 Å². The molecular formula is C16H24FNO2. The highest BCUT2D eigenvalue weighted by molar-refractivity contribution is 5.56. The number of nitrogen functional groups attached to an aromatic ring is 1. The van der Waals surface area contributed by atoms with E-state index in [1.807, 2.05) is 13.8 Å². The molecule has 112 valence electrons. The molecule has 0 unspecified atom stereocenters. The maximum atomic E-state index is 13.8. The highest BCUT2D eigenvalue weighted by Crippen LogP contribution is 2.33. The maximum Gasteiger partial charge on any atom is 0.167 e. The lowest BCUT2D eigenvalue weighted by atomic mass is 10.1. The van der Waals surface area contributed by atoms with Gasteiger partial charge in [0, 0.05) is 12.1 Å². The van der Waals surface area contributed by atoms with Crippen molar-refractivity contribution >= 4 is 5.69 Å². The highest BCUT2D eigenvalue weighted by atomic mass is 19.1. The fraction of sp³-hybridized carbons (Fsp3) is 0.625. The Balaban J connectivity index is 2.13. The Kier molecular flexibility index (Phi) is 5.10. The summed E-state index contributed by atoms with van der Waals surface area (Å²) < 4.78 is 25.2. The molecule has 2 rings (SSSR count). The number of rotatable bonds is 4. The molecule has 0 aliphatic heterocycles. The number of halogens is 1. The molecule has 2 N–H and O–H groups in total. The molecule has 0 spiro atoms. The number of benzene rings is 1. The van der Waals surface area contributed by atoms with Gasteiger partial charge in [-0.15, -0.1) is 0 Å². The van der Waals surface area contributed by atoms with Crippen LogP contribution in [0.1, 0.15) is 52.4 Å². The first kappa shape index (κ1) is 14.9. The van der Waals surface area contributed by atoms with Gasteiger partial charge < -0.3 is 15.2 Å². The van der Waals surface area contributed by atoms with Crippen LogP contribution in [0, 0.1) is 5.82 Å². The summed E-state index contributed by atoms with van der Waals surface area (Å²) in [6.45, 7) is 3.73. The van der Waals surface area contributed by atoms with E-state index in [0.717, 1.165) is 12.8 Å². The summed E-state index contributed by atoms with van der Waals surface area (Å²) in [7, 11) is 0. The predicted molar refractivity (Wildman–Crippen MR) is 78.7 cm³/mol. The van der Waals surface area contributed by atoms with Crippen molar-refractivity contribution in [1.82, 2.24) is 0 Å². The van der Waals surface area contributed by atoms with Crippen molar-refractivity contribution in [2.24, 2.45) is 0 Å². The third-order valence-corrected chi connectivity index (χ3v) is 3.52. The summed E-state index contributed by atoms with van der Waals surface area (Å²) >= 11 is 0. The Morgan fingerprint density at radius 2 is 1.75 bits per heavy atom. The lowest BCUT2D eigenvalue weighted by Gasteiger charge is -2.20. The second-order valence-electron chi connectivity index (χ2n) is 5.72. The fourth-order valence-corrected chi connectivity index (χ4v) is 2.54. The maximum absolute atomic E-state index is 13.8. The molecule has 20 heavy (non-hydrogen) atoms. The second-order valence-corrected chi connectivity index (χ2v) is 5.72. The summed E-state index contributed by atoms with van der Waals surface area (Å²) in [5.74, 6) is 0.302. The molecule has 1 saturated carbocycles. The van der Waals surface area contributed by atoms with Crippen molar-refractivity contribution in [3.8, 4) is 11.5 Å². The molecule has 0 bridgehead atoms. The summed E-state index contributed by atoms with van der Waals surface area (Å²) in [5, 5.41) is 0. The molecular weight excluding hydrogens is 257 g/mol. The SMILES string of the molecule is CC(C)Oc1cc(OC2CCCCCC2)c(N)cc1F. The minimum absolute atomic E-state index is 0.0844. The molecule has 0 saturated heterocycles. The van der Waals surface area contributed by atoms with E-state index < -0.39 is 5.82 Å². The lowest BCUT2D eigenvalue weighted by Crippen LogP contribution is -2.16. The lowest BCUT2D eigenvalue weighted by molar-refractivity contribution is 0.181. The van der Waals surface area contributed by atoms with Crippen LogP contribution in [0.25, 0.3) is 0 Å². The number of ether oxygens (including phenoxy) is 2. The molecule has 1 fully saturated rings. The van der Waals surface area contributed by atoms with E-state index in [2.05, 4.69) is 0 Å². The average molecular weight is 281 g/mol. The van der Waals surface area contributed by atoms with Crippen LogP contribution < -0.4 is 15.2 Å². The van der Waals surface area contributed by atoms with Gasteiger partial charge in [0.2, 0.25) is 0 Å². The quantitative estimate of drug-likeness (QED) is 0.661. The van der Waals surface area contributed by atoms with Gasteiger partial charge in [-0.05, 0) is 39.5 Å². The molecule has 1 aromatic carbocycles. The van der Waals surface area contributed by atoms with Gasteiger partial charge in [-0.3, -0.25) is 0 Å². The first-order valence-electron chi connectivity index (χ1n) is 7.48. The van der Waals surface area contributed by atoms with E-state index in [1.165, 1.54) is 31.7 Å². The van der Waals surface area contributed by atoms with Crippen LogP contribution in [0.3, 0.4) is 0 Å². The van der Waals surface area contributed by atoms with E-state index in [0.29, 0.717) is 11.4 Å². The molecule has 0 radical (unpaired) electrons. The second kappa shape index (κ2) is 6.82. The molecule has 1 aliphatic rings. The van der Waals surface area contributed by atoms with Crippen molar-refractivity contribution in [3.63, 3.8) is 0 Å². The summed E-state index contributed by atoms with van der Waals surface area (Å²) in [6.07, 6.45) is 7.06. The third-order valence-electron chi connectivity index (χ3n) is 3.52. The van der Waals surface area contributed by atoms with Gasteiger partial charge in [-0.1, -0.05) is 12.8 Å². The van der Waals surface area contributed by atoms with Crippen molar-refractivity contribution in [2.45, 2.75) is 64.6 Å². The topological polar surface area (TPSA) is 44.5 Å². The van der Waals surface area contributed by atoms with Crippen molar-refractivity contribution in [2.75, 3.05) is 5.73 Å². The Morgan fingerprint density at radius 3 is 2.35 bits per heavy atom. The number of nitrogens with two attached hydrogens (primary N) is 1. The third kappa shape index (κ3) is 4.02. The fourth-order valence-electron chi connectivity index (χ4n) is 2.54. The minimum atomic E-state index is -0.440. The Bertz CT molecular complexity index is 440. The van der Waals surface area contributed by atoms with Gasteiger partial charge in [0.15, 0.2) is 11.6 Å². The Morgan fingerprint density at radius 1 is 1.10 bits per heavy atom. The zero-order valence-corrected chi connectivity index (χ0v) is 12.3. The standard InChI is InChI=1S/C16H24FNO2/c1-11(2)19-15-10-16(14(18)9-13(15)17)20-12-7-5-3-4-6-8-12/h9-12H,3-8,18H2,1-2H3. The minimum Gasteiger partial charge on any atom is -0.488 e. The largest absolute Gasteiger partial charge is 0.488 e.